The fraction of sp³-hybridized carbons (Fsp3) is 0.438. The molecule has 0 bridgehead atoms. The Labute approximate surface area is 119 Å². The molecule has 3 aliphatic rings. The Morgan fingerprint density at radius 2 is 2.30 bits per heavy atom. The van der Waals surface area contributed by atoms with Crippen LogP contribution in [0, 0.1) is 0 Å². The summed E-state index contributed by atoms with van der Waals surface area (Å²) < 4.78 is 0. The number of likely N-dealkylation sites (tertiary alicyclic amines) is 1. The summed E-state index contributed by atoms with van der Waals surface area (Å²) in [6, 6.07) is 0.271. The van der Waals surface area contributed by atoms with E-state index in [0.717, 1.165) is 42.7 Å². The number of nitrogens with zero attached hydrogens (tertiary/aromatic N) is 1. The van der Waals surface area contributed by atoms with Crippen molar-refractivity contribution in [2.24, 2.45) is 0 Å². The molecule has 0 aromatic heterocycles. The Kier molecular flexibility index (Phi) is 3.85. The SMILES string of the molecule is O=C(NCCN1CCC[C@@H]1CO)C1=CC=C2C=CC=C21. The molecule has 106 valence electrons. The first kappa shape index (κ1) is 13.3. The molecule has 1 saturated heterocycles. The molecular formula is C16H20N2O2. The van der Waals surface area contributed by atoms with E-state index in [1.807, 2.05) is 30.4 Å². The van der Waals surface area contributed by atoms with Crippen LogP contribution in [-0.4, -0.2) is 48.2 Å². The maximum Gasteiger partial charge on any atom is 0.251 e. The van der Waals surface area contributed by atoms with E-state index in [9.17, 15) is 9.90 Å². The zero-order valence-electron chi connectivity index (χ0n) is 11.5. The van der Waals surface area contributed by atoms with E-state index in [2.05, 4.69) is 10.2 Å². The number of aliphatic hydroxyl groups excluding tert-OH is 1. The van der Waals surface area contributed by atoms with Crippen LogP contribution >= 0.6 is 0 Å². The van der Waals surface area contributed by atoms with Crippen LogP contribution in [0.25, 0.3) is 0 Å². The lowest BCUT2D eigenvalue weighted by Gasteiger charge is -2.22. The van der Waals surface area contributed by atoms with E-state index in [0.29, 0.717) is 6.54 Å². The van der Waals surface area contributed by atoms with Gasteiger partial charge in [0.1, 0.15) is 0 Å². The van der Waals surface area contributed by atoms with E-state index < -0.39 is 0 Å². The van der Waals surface area contributed by atoms with Crippen LogP contribution in [0.3, 0.4) is 0 Å². The van der Waals surface area contributed by atoms with Crippen molar-refractivity contribution in [1.29, 1.82) is 0 Å². The van der Waals surface area contributed by atoms with Crippen LogP contribution in [0.5, 0.6) is 0 Å². The van der Waals surface area contributed by atoms with E-state index >= 15 is 0 Å². The van der Waals surface area contributed by atoms with Crippen molar-refractivity contribution >= 4 is 5.91 Å². The fourth-order valence-electron chi connectivity index (χ4n) is 3.09. The largest absolute Gasteiger partial charge is 0.395 e. The molecule has 0 unspecified atom stereocenters. The van der Waals surface area contributed by atoms with Crippen LogP contribution in [0.15, 0.2) is 47.1 Å². The minimum absolute atomic E-state index is 0.00838. The smallest absolute Gasteiger partial charge is 0.251 e. The molecule has 1 heterocycles. The number of rotatable bonds is 5. The van der Waals surface area contributed by atoms with Gasteiger partial charge in [0.15, 0.2) is 0 Å². The van der Waals surface area contributed by atoms with Crippen LogP contribution in [0.2, 0.25) is 0 Å². The number of allylic oxidation sites excluding steroid dienone is 6. The highest BCUT2D eigenvalue weighted by Gasteiger charge is 2.24. The minimum atomic E-state index is -0.00838. The fourth-order valence-corrected chi connectivity index (χ4v) is 3.09. The first-order valence-corrected chi connectivity index (χ1v) is 7.24. The normalized spacial score (nSPS) is 24.4. The van der Waals surface area contributed by atoms with Gasteiger partial charge < -0.3 is 10.4 Å². The van der Waals surface area contributed by atoms with Gasteiger partial charge in [-0.15, -0.1) is 0 Å². The minimum Gasteiger partial charge on any atom is -0.395 e. The average Bonchev–Trinajstić information content (AvgIpc) is 3.14. The molecule has 1 aliphatic heterocycles. The lowest BCUT2D eigenvalue weighted by molar-refractivity contribution is -0.117. The quantitative estimate of drug-likeness (QED) is 0.782. The third kappa shape index (κ3) is 2.49. The lowest BCUT2D eigenvalue weighted by Crippen LogP contribution is -2.39. The molecule has 0 saturated carbocycles. The molecule has 1 amide bonds. The predicted molar refractivity (Wildman–Crippen MR) is 78.1 cm³/mol. The summed E-state index contributed by atoms with van der Waals surface area (Å²) in [6.45, 7) is 2.67. The number of carbonyl (C=O) groups is 1. The van der Waals surface area contributed by atoms with Gasteiger partial charge in [0, 0.05) is 24.7 Å². The van der Waals surface area contributed by atoms with E-state index in [-0.39, 0.29) is 18.6 Å². The van der Waals surface area contributed by atoms with Crippen molar-refractivity contribution in [2.75, 3.05) is 26.2 Å². The summed E-state index contributed by atoms with van der Waals surface area (Å²) in [6.07, 6.45) is 12.0. The Bertz CT molecular complexity index is 529. The molecule has 0 aromatic rings. The molecule has 1 fully saturated rings. The zero-order valence-corrected chi connectivity index (χ0v) is 11.5. The van der Waals surface area contributed by atoms with Gasteiger partial charge in [-0.1, -0.05) is 24.3 Å². The van der Waals surface area contributed by atoms with Gasteiger partial charge in [-0.2, -0.15) is 0 Å². The molecule has 20 heavy (non-hydrogen) atoms. The van der Waals surface area contributed by atoms with Crippen molar-refractivity contribution in [3.8, 4) is 0 Å². The van der Waals surface area contributed by atoms with E-state index in [4.69, 9.17) is 0 Å². The Balaban J connectivity index is 1.47. The number of fused-ring (bicyclic) bond motifs is 1. The molecule has 4 heteroatoms. The second kappa shape index (κ2) is 5.77. The molecule has 2 aliphatic carbocycles. The summed E-state index contributed by atoms with van der Waals surface area (Å²) in [4.78, 5) is 14.4. The zero-order chi connectivity index (χ0) is 13.9. The monoisotopic (exact) mass is 272 g/mol. The van der Waals surface area contributed by atoms with Crippen LogP contribution in [0.1, 0.15) is 12.8 Å². The number of nitrogens with one attached hydrogen (secondary N) is 1. The van der Waals surface area contributed by atoms with Crippen molar-refractivity contribution in [1.82, 2.24) is 10.2 Å². The van der Waals surface area contributed by atoms with Gasteiger partial charge in [0.05, 0.1) is 6.61 Å². The number of amides is 1. The van der Waals surface area contributed by atoms with Gasteiger partial charge in [-0.3, -0.25) is 9.69 Å². The van der Waals surface area contributed by atoms with Crippen molar-refractivity contribution < 1.29 is 9.90 Å². The van der Waals surface area contributed by atoms with Crippen molar-refractivity contribution in [2.45, 2.75) is 18.9 Å². The van der Waals surface area contributed by atoms with E-state index in [1.165, 1.54) is 0 Å². The molecule has 0 radical (unpaired) electrons. The Hall–Kier alpha value is -1.65. The summed E-state index contributed by atoms with van der Waals surface area (Å²) in [5, 5.41) is 12.2. The number of aliphatic hydroxyl groups is 1. The molecule has 4 nitrogen and oxygen atoms in total. The van der Waals surface area contributed by atoms with Gasteiger partial charge in [-0.25, -0.2) is 0 Å². The topological polar surface area (TPSA) is 52.6 Å². The maximum absolute atomic E-state index is 12.2. The van der Waals surface area contributed by atoms with Crippen LogP contribution in [0.4, 0.5) is 0 Å². The van der Waals surface area contributed by atoms with Crippen molar-refractivity contribution in [3.63, 3.8) is 0 Å². The van der Waals surface area contributed by atoms with Gasteiger partial charge in [0.25, 0.3) is 5.91 Å². The molecule has 0 aromatic carbocycles. The summed E-state index contributed by atoms with van der Waals surface area (Å²) in [5.41, 5.74) is 2.90. The van der Waals surface area contributed by atoms with Gasteiger partial charge in [0.2, 0.25) is 0 Å². The maximum atomic E-state index is 12.2. The molecule has 1 atom stereocenters. The summed E-state index contributed by atoms with van der Waals surface area (Å²) in [7, 11) is 0. The predicted octanol–water partition coefficient (Wildman–Crippen LogP) is 0.922. The highest BCUT2D eigenvalue weighted by atomic mass is 16.3. The summed E-state index contributed by atoms with van der Waals surface area (Å²) >= 11 is 0. The first-order valence-electron chi connectivity index (χ1n) is 7.24. The van der Waals surface area contributed by atoms with Crippen LogP contribution < -0.4 is 5.32 Å². The highest BCUT2D eigenvalue weighted by Crippen LogP contribution is 2.30. The number of hydrogen-bond donors (Lipinski definition) is 2. The van der Waals surface area contributed by atoms with Gasteiger partial charge in [-0.05, 0) is 36.6 Å². The second-order valence-electron chi connectivity index (χ2n) is 5.41. The Morgan fingerprint density at radius 1 is 1.40 bits per heavy atom. The first-order chi connectivity index (χ1) is 9.79. The third-order valence-corrected chi connectivity index (χ3v) is 4.21. The van der Waals surface area contributed by atoms with Crippen molar-refractivity contribution in [3.05, 3.63) is 47.1 Å². The van der Waals surface area contributed by atoms with E-state index in [1.54, 1.807) is 0 Å². The highest BCUT2D eigenvalue weighted by molar-refractivity contribution is 6.01. The standard InChI is InChI=1S/C16H20N2O2/c19-11-13-4-2-9-18(13)10-8-17-16(20)15-7-6-12-3-1-5-14(12)15/h1,3,5-7,13,19H,2,4,8-11H2,(H,17,20)/t13-/m1/s1. The second-order valence-corrected chi connectivity index (χ2v) is 5.41. The molecular weight excluding hydrogens is 252 g/mol. The molecule has 2 N–H and O–H groups in total. The third-order valence-electron chi connectivity index (χ3n) is 4.21. The lowest BCUT2D eigenvalue weighted by atomic mass is 10.1. The number of hydrogen-bond acceptors (Lipinski definition) is 3. The molecule has 0 spiro atoms. The molecule has 3 rings (SSSR count). The Morgan fingerprint density at radius 3 is 3.15 bits per heavy atom. The summed E-state index contributed by atoms with van der Waals surface area (Å²) in [5.74, 6) is -0.00838. The van der Waals surface area contributed by atoms with Gasteiger partial charge >= 0.3 is 0 Å². The number of carbonyl (C=O) groups excluding carboxylic acids is 1. The van der Waals surface area contributed by atoms with Crippen LogP contribution in [-0.2, 0) is 4.79 Å². The average molecular weight is 272 g/mol.